The van der Waals surface area contributed by atoms with Crippen LogP contribution in [0.2, 0.25) is 0 Å². The van der Waals surface area contributed by atoms with Gasteiger partial charge in [-0.2, -0.15) is 0 Å². The zero-order chi connectivity index (χ0) is 24.6. The lowest BCUT2D eigenvalue weighted by atomic mass is 9.95. The van der Waals surface area contributed by atoms with Crippen LogP contribution in [0.15, 0.2) is 95.5 Å². The summed E-state index contributed by atoms with van der Waals surface area (Å²) in [6.07, 6.45) is 2.11. The zero-order valence-corrected chi connectivity index (χ0v) is 21.0. The quantitative estimate of drug-likeness (QED) is 0.235. The van der Waals surface area contributed by atoms with Crippen molar-refractivity contribution in [2.24, 2.45) is 7.05 Å². The van der Waals surface area contributed by atoms with E-state index in [1.54, 1.807) is 0 Å². The molecule has 7 rings (SSSR count). The highest BCUT2D eigenvalue weighted by Gasteiger charge is 2.25. The molecule has 0 saturated carbocycles. The van der Waals surface area contributed by atoms with Crippen molar-refractivity contribution < 1.29 is 8.98 Å². The fourth-order valence-electron chi connectivity index (χ4n) is 5.88. The van der Waals surface area contributed by atoms with Gasteiger partial charge in [-0.3, -0.25) is 0 Å². The first kappa shape index (κ1) is 21.0. The van der Waals surface area contributed by atoms with Crippen LogP contribution >= 0.6 is 0 Å². The Kier molecular flexibility index (Phi) is 4.40. The smallest absolute Gasteiger partial charge is 0.224 e. The summed E-state index contributed by atoms with van der Waals surface area (Å²) in [6, 6.07) is 30.4. The predicted molar refractivity (Wildman–Crippen MR) is 149 cm³/mol. The Balaban J connectivity index is 1.63. The molecular formula is C33H27N2O+. The van der Waals surface area contributed by atoms with Gasteiger partial charge < -0.3 is 8.98 Å². The molecule has 0 fully saturated rings. The van der Waals surface area contributed by atoms with Crippen LogP contribution in [0.5, 0.6) is 0 Å². The van der Waals surface area contributed by atoms with E-state index in [2.05, 4.69) is 128 Å². The summed E-state index contributed by atoms with van der Waals surface area (Å²) in [6.45, 7) is 6.58. The van der Waals surface area contributed by atoms with Crippen molar-refractivity contribution in [1.29, 1.82) is 0 Å². The van der Waals surface area contributed by atoms with Crippen molar-refractivity contribution in [3.8, 4) is 16.9 Å². The highest BCUT2D eigenvalue weighted by atomic mass is 16.3. The van der Waals surface area contributed by atoms with Gasteiger partial charge in [-0.15, -0.1) is 0 Å². The molecule has 4 aromatic carbocycles. The summed E-state index contributed by atoms with van der Waals surface area (Å²) in [4.78, 5) is 0. The van der Waals surface area contributed by atoms with E-state index in [1.807, 2.05) is 0 Å². The number of para-hydroxylation sites is 3. The van der Waals surface area contributed by atoms with Gasteiger partial charge in [-0.25, -0.2) is 4.57 Å². The minimum absolute atomic E-state index is 0.907. The molecular weight excluding hydrogens is 440 g/mol. The van der Waals surface area contributed by atoms with Gasteiger partial charge in [0.2, 0.25) is 5.69 Å². The fraction of sp³-hybridized carbons (Fsp3) is 0.121. The third-order valence-electron chi connectivity index (χ3n) is 7.65. The number of benzene rings is 4. The first-order valence-electron chi connectivity index (χ1n) is 12.4. The lowest BCUT2D eigenvalue weighted by molar-refractivity contribution is -0.659. The fourth-order valence-corrected chi connectivity index (χ4v) is 5.88. The average Bonchev–Trinajstić information content (AvgIpc) is 3.42. The average molecular weight is 468 g/mol. The molecule has 36 heavy (non-hydrogen) atoms. The molecule has 0 spiro atoms. The van der Waals surface area contributed by atoms with E-state index in [0.29, 0.717) is 0 Å². The second-order valence-corrected chi connectivity index (χ2v) is 9.89. The molecule has 174 valence electrons. The van der Waals surface area contributed by atoms with Crippen LogP contribution in [0.1, 0.15) is 16.7 Å². The number of furan rings is 1. The van der Waals surface area contributed by atoms with Crippen LogP contribution in [0.3, 0.4) is 0 Å². The Bertz CT molecular complexity index is 1930. The molecule has 0 amide bonds. The van der Waals surface area contributed by atoms with Gasteiger partial charge in [-0.05, 0) is 56.2 Å². The van der Waals surface area contributed by atoms with Gasteiger partial charge in [0.05, 0.1) is 22.3 Å². The maximum atomic E-state index is 6.69. The van der Waals surface area contributed by atoms with Gasteiger partial charge in [0.1, 0.15) is 18.0 Å². The first-order valence-corrected chi connectivity index (χ1v) is 12.4. The maximum Gasteiger partial charge on any atom is 0.224 e. The first-order chi connectivity index (χ1) is 17.5. The van der Waals surface area contributed by atoms with Crippen LogP contribution < -0.4 is 4.57 Å². The van der Waals surface area contributed by atoms with Crippen LogP contribution in [0.25, 0.3) is 60.7 Å². The van der Waals surface area contributed by atoms with Crippen molar-refractivity contribution in [1.82, 2.24) is 4.57 Å². The number of rotatable bonds is 2. The van der Waals surface area contributed by atoms with Crippen LogP contribution in [-0.4, -0.2) is 4.57 Å². The van der Waals surface area contributed by atoms with E-state index in [9.17, 15) is 0 Å². The molecule has 0 N–H and O–H groups in total. The van der Waals surface area contributed by atoms with Crippen LogP contribution in [0.4, 0.5) is 0 Å². The summed E-state index contributed by atoms with van der Waals surface area (Å²) in [5, 5.41) is 4.79. The summed E-state index contributed by atoms with van der Waals surface area (Å²) in [5.41, 5.74) is 11.6. The number of hydrogen-bond donors (Lipinski definition) is 0. The highest BCUT2D eigenvalue weighted by molar-refractivity contribution is 6.15. The molecule has 0 atom stereocenters. The van der Waals surface area contributed by atoms with E-state index in [0.717, 1.165) is 27.6 Å². The standard InChI is InChI=1S/C33H27N2O/c1-20-18-21(2)22(3)26(19-20)32-31-25-12-9-15-29(33(25)36-30(31)16-17-34(32)4)35-27-13-7-5-10-23(27)24-11-6-8-14-28(24)35/h5-19H,1-4H3/q+1. The molecule has 3 nitrogen and oxygen atoms in total. The van der Waals surface area contributed by atoms with E-state index in [-0.39, 0.29) is 0 Å². The molecule has 0 aliphatic heterocycles. The van der Waals surface area contributed by atoms with Gasteiger partial charge in [0.25, 0.3) is 0 Å². The number of fused-ring (bicyclic) bond motifs is 6. The lowest BCUT2D eigenvalue weighted by Gasteiger charge is -2.10. The van der Waals surface area contributed by atoms with Crippen molar-refractivity contribution >= 4 is 43.7 Å². The Morgan fingerprint density at radius 3 is 2.11 bits per heavy atom. The van der Waals surface area contributed by atoms with Crippen molar-refractivity contribution in [3.05, 3.63) is 108 Å². The third kappa shape index (κ3) is 2.83. The minimum Gasteiger partial charge on any atom is -0.453 e. The Labute approximate surface area is 209 Å². The molecule has 0 unspecified atom stereocenters. The zero-order valence-electron chi connectivity index (χ0n) is 21.0. The van der Waals surface area contributed by atoms with Crippen molar-refractivity contribution in [3.63, 3.8) is 0 Å². The third-order valence-corrected chi connectivity index (χ3v) is 7.65. The SMILES string of the molecule is Cc1cc(C)c(C)c(-c2c3c(cc[n+]2C)oc2c(-n4c5ccccc5c5ccccc54)cccc23)c1. The van der Waals surface area contributed by atoms with Gasteiger partial charge in [0.15, 0.2) is 11.8 Å². The van der Waals surface area contributed by atoms with E-state index >= 15 is 0 Å². The molecule has 3 heteroatoms. The van der Waals surface area contributed by atoms with Gasteiger partial charge in [-0.1, -0.05) is 60.2 Å². The summed E-state index contributed by atoms with van der Waals surface area (Å²) >= 11 is 0. The molecule has 0 aliphatic rings. The summed E-state index contributed by atoms with van der Waals surface area (Å²) in [5.74, 6) is 0. The highest BCUT2D eigenvalue weighted by Crippen LogP contribution is 2.40. The molecule has 7 aromatic rings. The monoisotopic (exact) mass is 467 g/mol. The molecule has 3 aromatic heterocycles. The van der Waals surface area contributed by atoms with Crippen molar-refractivity contribution in [2.45, 2.75) is 20.8 Å². The lowest BCUT2D eigenvalue weighted by Crippen LogP contribution is -2.30. The van der Waals surface area contributed by atoms with E-state index in [1.165, 1.54) is 49.8 Å². The van der Waals surface area contributed by atoms with Crippen LogP contribution in [0, 0.1) is 20.8 Å². The predicted octanol–water partition coefficient (Wildman–Crippen LogP) is 8.10. The molecule has 0 aliphatic carbocycles. The van der Waals surface area contributed by atoms with Crippen LogP contribution in [-0.2, 0) is 7.05 Å². The Hall–Kier alpha value is -4.37. The largest absolute Gasteiger partial charge is 0.453 e. The Morgan fingerprint density at radius 2 is 1.39 bits per heavy atom. The van der Waals surface area contributed by atoms with Gasteiger partial charge >= 0.3 is 0 Å². The van der Waals surface area contributed by atoms with Crippen molar-refractivity contribution in [2.75, 3.05) is 0 Å². The second-order valence-electron chi connectivity index (χ2n) is 9.89. The number of pyridine rings is 1. The normalized spacial score (nSPS) is 11.9. The number of nitrogens with zero attached hydrogens (tertiary/aromatic N) is 2. The molecule has 0 bridgehead atoms. The van der Waals surface area contributed by atoms with Gasteiger partial charge in [0, 0.05) is 22.2 Å². The molecule has 0 radical (unpaired) electrons. The minimum atomic E-state index is 0.907. The summed E-state index contributed by atoms with van der Waals surface area (Å²) < 4.78 is 11.3. The summed E-state index contributed by atoms with van der Waals surface area (Å²) in [7, 11) is 2.13. The topological polar surface area (TPSA) is 21.9 Å². The van der Waals surface area contributed by atoms with E-state index < -0.39 is 0 Å². The number of aryl methyl sites for hydroxylation is 3. The number of hydrogen-bond acceptors (Lipinski definition) is 1. The number of aromatic nitrogens is 2. The second kappa shape index (κ2) is 7.56. The Morgan fingerprint density at radius 1 is 0.722 bits per heavy atom. The van der Waals surface area contributed by atoms with E-state index in [4.69, 9.17) is 4.42 Å². The maximum absolute atomic E-state index is 6.69. The molecule has 0 saturated heterocycles. The molecule has 3 heterocycles.